The number of thiazole rings is 1. The van der Waals surface area contributed by atoms with Crippen molar-refractivity contribution in [3.05, 3.63) is 52.5 Å². The van der Waals surface area contributed by atoms with E-state index < -0.39 is 30.2 Å². The number of amides is 4. The Balaban J connectivity index is 1.71. The summed E-state index contributed by atoms with van der Waals surface area (Å²) in [6.45, 7) is 14.8. The number of carbonyl (C=O) groups is 4. The first-order valence-electron chi connectivity index (χ1n) is 19.9. The smallest absolute Gasteiger partial charge is 0.245 e. The predicted octanol–water partition coefficient (Wildman–Crippen LogP) is 5.05. The molecular weight excluding hydrogens is 717 g/mol. The van der Waals surface area contributed by atoms with E-state index in [9.17, 15) is 19.2 Å². The standard InChI is InChI=1S/C42H68N6O6S/c1-13-28(6)37(47(10)42(52)35(26(2)3)45-40(51)36(27(4)5)46(8)9)33(53-11)24-34(49)48-21-19-31(25-48)38(54-12)29(7)39(50)44-32(41-43-20-22-55-41)23-30-17-15-14-16-18-30/h14-18,20,22,26-29,31-33,35-38H,13,19,21,23-25H2,1-12H3,(H,44,50)(H,45,51). The number of hydrogen-bond donors (Lipinski definition) is 2. The second-order valence-electron chi connectivity index (χ2n) is 16.2. The van der Waals surface area contributed by atoms with Crippen molar-refractivity contribution in [3.8, 4) is 0 Å². The molecule has 12 nitrogen and oxygen atoms in total. The molecule has 4 amide bonds. The minimum Gasteiger partial charge on any atom is -0.380 e. The Morgan fingerprint density at radius 3 is 2.15 bits per heavy atom. The fourth-order valence-electron chi connectivity index (χ4n) is 8.13. The van der Waals surface area contributed by atoms with Gasteiger partial charge in [-0.2, -0.15) is 0 Å². The highest BCUT2D eigenvalue weighted by Crippen LogP contribution is 2.30. The molecule has 0 aliphatic carbocycles. The summed E-state index contributed by atoms with van der Waals surface area (Å²) >= 11 is 1.52. The normalized spacial score (nSPS) is 19.0. The molecule has 308 valence electrons. The predicted molar refractivity (Wildman–Crippen MR) is 218 cm³/mol. The van der Waals surface area contributed by atoms with Crippen LogP contribution in [0.3, 0.4) is 0 Å². The summed E-state index contributed by atoms with van der Waals surface area (Å²) in [7, 11) is 8.70. The van der Waals surface area contributed by atoms with Gasteiger partial charge in [0.15, 0.2) is 0 Å². The molecule has 0 radical (unpaired) electrons. The molecule has 55 heavy (non-hydrogen) atoms. The molecule has 0 saturated carbocycles. The third-order valence-corrected chi connectivity index (χ3v) is 12.2. The Morgan fingerprint density at radius 2 is 1.62 bits per heavy atom. The number of carbonyl (C=O) groups excluding carboxylic acids is 4. The summed E-state index contributed by atoms with van der Waals surface area (Å²) in [4.78, 5) is 65.2. The van der Waals surface area contributed by atoms with Crippen LogP contribution in [0.4, 0.5) is 0 Å². The minimum atomic E-state index is -0.738. The minimum absolute atomic E-state index is 0.0130. The number of nitrogens with zero attached hydrogens (tertiary/aromatic N) is 4. The van der Waals surface area contributed by atoms with Gasteiger partial charge in [0, 0.05) is 51.9 Å². The molecule has 2 N–H and O–H groups in total. The highest BCUT2D eigenvalue weighted by atomic mass is 32.1. The van der Waals surface area contributed by atoms with Crippen molar-refractivity contribution in [2.45, 2.75) is 111 Å². The first-order chi connectivity index (χ1) is 26.1. The molecule has 9 unspecified atom stereocenters. The maximum Gasteiger partial charge on any atom is 0.245 e. The molecule has 0 spiro atoms. The summed E-state index contributed by atoms with van der Waals surface area (Å²) in [5, 5.41) is 9.05. The fourth-order valence-corrected chi connectivity index (χ4v) is 8.82. The first kappa shape index (κ1) is 46.0. The first-order valence-corrected chi connectivity index (χ1v) is 20.7. The number of rotatable bonds is 21. The van der Waals surface area contributed by atoms with Crippen LogP contribution in [-0.4, -0.2) is 122 Å². The lowest BCUT2D eigenvalue weighted by Gasteiger charge is -2.40. The zero-order valence-electron chi connectivity index (χ0n) is 35.3. The molecular formula is C42H68N6O6S. The van der Waals surface area contributed by atoms with E-state index in [0.29, 0.717) is 25.9 Å². The van der Waals surface area contributed by atoms with Crippen LogP contribution in [0, 0.1) is 29.6 Å². The van der Waals surface area contributed by atoms with E-state index in [1.165, 1.54) is 11.3 Å². The van der Waals surface area contributed by atoms with Crippen LogP contribution < -0.4 is 10.6 Å². The molecule has 2 aromatic rings. The van der Waals surface area contributed by atoms with Crippen molar-refractivity contribution in [2.24, 2.45) is 29.6 Å². The molecule has 1 aromatic heterocycles. The van der Waals surface area contributed by atoms with Crippen LogP contribution >= 0.6 is 11.3 Å². The lowest BCUT2D eigenvalue weighted by molar-refractivity contribution is -0.146. The molecule has 2 heterocycles. The zero-order valence-corrected chi connectivity index (χ0v) is 36.1. The second kappa shape index (κ2) is 21.8. The number of nitrogens with one attached hydrogen (secondary N) is 2. The molecule has 0 bridgehead atoms. The number of hydrogen-bond acceptors (Lipinski definition) is 9. The Hall–Kier alpha value is -3.39. The maximum absolute atomic E-state index is 14.2. The van der Waals surface area contributed by atoms with E-state index in [0.717, 1.165) is 17.0 Å². The highest BCUT2D eigenvalue weighted by Gasteiger charge is 2.41. The van der Waals surface area contributed by atoms with Crippen LogP contribution in [0.2, 0.25) is 0 Å². The molecule has 1 saturated heterocycles. The SMILES string of the molecule is CCC(C)C(C(CC(=O)N1CCC(C(OC)C(C)C(=O)NC(Cc2ccccc2)c2nccs2)C1)OC)N(C)C(=O)C(NC(=O)C(C(C)C)N(C)C)C(C)C. The zero-order chi connectivity index (χ0) is 41.0. The van der Waals surface area contributed by atoms with Crippen LogP contribution in [0.25, 0.3) is 0 Å². The van der Waals surface area contributed by atoms with Gasteiger partial charge in [-0.25, -0.2) is 4.98 Å². The Morgan fingerprint density at radius 1 is 0.945 bits per heavy atom. The van der Waals surface area contributed by atoms with Gasteiger partial charge in [-0.3, -0.25) is 24.1 Å². The lowest BCUT2D eigenvalue weighted by atomic mass is 9.89. The number of likely N-dealkylation sites (tertiary alicyclic amines) is 1. The van der Waals surface area contributed by atoms with Crippen LogP contribution in [0.1, 0.15) is 84.3 Å². The summed E-state index contributed by atoms with van der Waals surface area (Å²) in [5.41, 5.74) is 1.11. The number of benzene rings is 1. The number of aromatic nitrogens is 1. The van der Waals surface area contributed by atoms with Crippen molar-refractivity contribution >= 4 is 35.0 Å². The molecule has 9 atom stereocenters. The van der Waals surface area contributed by atoms with Gasteiger partial charge >= 0.3 is 0 Å². The van der Waals surface area contributed by atoms with E-state index in [-0.39, 0.29) is 65.8 Å². The number of methoxy groups -OCH3 is 2. The van der Waals surface area contributed by atoms with E-state index >= 15 is 0 Å². The average molecular weight is 785 g/mol. The Bertz CT molecular complexity index is 1480. The topological polar surface area (TPSA) is 133 Å². The number of likely N-dealkylation sites (N-methyl/N-ethyl adjacent to an activating group) is 2. The van der Waals surface area contributed by atoms with Gasteiger partial charge in [0.2, 0.25) is 23.6 Å². The van der Waals surface area contributed by atoms with Crippen molar-refractivity contribution in [1.82, 2.24) is 30.3 Å². The van der Waals surface area contributed by atoms with Crippen molar-refractivity contribution < 1.29 is 28.7 Å². The number of ether oxygens (including phenoxy) is 2. The third-order valence-electron chi connectivity index (χ3n) is 11.3. The second-order valence-corrected chi connectivity index (χ2v) is 17.1. The van der Waals surface area contributed by atoms with Crippen molar-refractivity contribution in [2.75, 3.05) is 48.5 Å². The van der Waals surface area contributed by atoms with Gasteiger partial charge < -0.3 is 29.9 Å². The van der Waals surface area contributed by atoms with Crippen LogP contribution in [0.5, 0.6) is 0 Å². The summed E-state index contributed by atoms with van der Waals surface area (Å²) in [6, 6.07) is 8.25. The molecule has 1 aliphatic heterocycles. The summed E-state index contributed by atoms with van der Waals surface area (Å²) < 4.78 is 12.0. The van der Waals surface area contributed by atoms with Crippen molar-refractivity contribution in [3.63, 3.8) is 0 Å². The van der Waals surface area contributed by atoms with Gasteiger partial charge in [-0.15, -0.1) is 11.3 Å². The fraction of sp³-hybridized carbons (Fsp3) is 0.690. The molecule has 1 aliphatic rings. The van der Waals surface area contributed by atoms with Gasteiger partial charge in [-0.05, 0) is 50.3 Å². The third kappa shape index (κ3) is 12.3. The maximum atomic E-state index is 14.2. The molecule has 3 rings (SSSR count). The summed E-state index contributed by atoms with van der Waals surface area (Å²) in [6.07, 6.45) is 2.96. The summed E-state index contributed by atoms with van der Waals surface area (Å²) in [5.74, 6) is -1.16. The van der Waals surface area contributed by atoms with Gasteiger partial charge in [-0.1, -0.05) is 85.2 Å². The van der Waals surface area contributed by atoms with E-state index in [4.69, 9.17) is 9.47 Å². The van der Waals surface area contributed by atoms with Crippen LogP contribution in [-0.2, 0) is 35.1 Å². The quantitative estimate of drug-likeness (QED) is 0.180. The van der Waals surface area contributed by atoms with E-state index in [1.807, 2.05) is 94.2 Å². The highest BCUT2D eigenvalue weighted by molar-refractivity contribution is 7.09. The Labute approximate surface area is 334 Å². The van der Waals surface area contributed by atoms with Crippen molar-refractivity contribution in [1.29, 1.82) is 0 Å². The van der Waals surface area contributed by atoms with E-state index in [2.05, 4.69) is 29.5 Å². The van der Waals surface area contributed by atoms with Gasteiger partial charge in [0.25, 0.3) is 0 Å². The largest absolute Gasteiger partial charge is 0.380 e. The van der Waals surface area contributed by atoms with Gasteiger partial charge in [0.1, 0.15) is 11.0 Å². The Kier molecular flexibility index (Phi) is 18.2. The van der Waals surface area contributed by atoms with E-state index in [1.54, 1.807) is 32.4 Å². The average Bonchev–Trinajstić information content (AvgIpc) is 3.87. The monoisotopic (exact) mass is 784 g/mol. The van der Waals surface area contributed by atoms with Crippen LogP contribution in [0.15, 0.2) is 41.9 Å². The molecule has 1 fully saturated rings. The lowest BCUT2D eigenvalue weighted by Crippen LogP contribution is -2.59. The molecule has 1 aromatic carbocycles. The van der Waals surface area contributed by atoms with Gasteiger partial charge in [0.05, 0.1) is 42.7 Å². The molecule has 13 heteroatoms.